The molecule has 0 aliphatic heterocycles. The maximum atomic E-state index is 5.44. The van der Waals surface area contributed by atoms with Crippen LogP contribution in [0.3, 0.4) is 0 Å². The van der Waals surface area contributed by atoms with E-state index >= 15 is 0 Å². The molecular formula is C12H19N5. The first-order chi connectivity index (χ1) is 8.08. The van der Waals surface area contributed by atoms with Gasteiger partial charge in [0, 0.05) is 18.0 Å². The highest BCUT2D eigenvalue weighted by Gasteiger charge is 2.46. The van der Waals surface area contributed by atoms with Crippen molar-refractivity contribution < 1.29 is 0 Å². The predicted octanol–water partition coefficient (Wildman–Crippen LogP) is 1.85. The van der Waals surface area contributed by atoms with E-state index in [2.05, 4.69) is 34.6 Å². The van der Waals surface area contributed by atoms with Gasteiger partial charge in [-0.05, 0) is 24.7 Å². The average molecular weight is 233 g/mol. The monoisotopic (exact) mass is 233 g/mol. The lowest BCUT2D eigenvalue weighted by Crippen LogP contribution is -2.14. The summed E-state index contributed by atoms with van der Waals surface area (Å²) in [6, 6.07) is 2.40. The Morgan fingerprint density at radius 1 is 1.29 bits per heavy atom. The largest absolute Gasteiger partial charge is 0.367 e. The van der Waals surface area contributed by atoms with E-state index < -0.39 is 0 Å². The molecule has 1 heterocycles. The van der Waals surface area contributed by atoms with Crippen LogP contribution in [0.1, 0.15) is 44.9 Å². The third-order valence-electron chi connectivity index (χ3n) is 3.67. The summed E-state index contributed by atoms with van der Waals surface area (Å²) in [7, 11) is 0. The molecule has 0 amide bonds. The van der Waals surface area contributed by atoms with Crippen molar-refractivity contribution in [2.45, 2.75) is 45.1 Å². The maximum absolute atomic E-state index is 5.44. The van der Waals surface area contributed by atoms with Crippen molar-refractivity contribution in [3.63, 3.8) is 0 Å². The third kappa shape index (κ3) is 2.20. The van der Waals surface area contributed by atoms with Crippen molar-refractivity contribution in [2.75, 3.05) is 10.7 Å². The second-order valence-corrected chi connectivity index (χ2v) is 5.80. The number of aromatic nitrogens is 2. The summed E-state index contributed by atoms with van der Waals surface area (Å²) in [6.45, 7) is 4.52. The number of nitrogens with zero attached hydrogens (tertiary/aromatic N) is 2. The van der Waals surface area contributed by atoms with E-state index in [0.717, 1.165) is 11.6 Å². The van der Waals surface area contributed by atoms with Crippen LogP contribution in [-0.4, -0.2) is 16.0 Å². The zero-order chi connectivity index (χ0) is 12.0. The quantitative estimate of drug-likeness (QED) is 0.546. The summed E-state index contributed by atoms with van der Waals surface area (Å²) in [6.07, 6.45) is 3.59. The molecule has 0 spiro atoms. The van der Waals surface area contributed by atoms with Gasteiger partial charge in [0.05, 0.1) is 0 Å². The van der Waals surface area contributed by atoms with Gasteiger partial charge in [-0.1, -0.05) is 13.8 Å². The highest BCUT2D eigenvalue weighted by molar-refractivity contribution is 5.49. The molecular weight excluding hydrogens is 214 g/mol. The van der Waals surface area contributed by atoms with Crippen molar-refractivity contribution in [2.24, 2.45) is 11.3 Å². The molecule has 1 aromatic heterocycles. The van der Waals surface area contributed by atoms with E-state index in [1.807, 2.05) is 6.07 Å². The molecule has 0 bridgehead atoms. The molecule has 4 N–H and O–H groups in total. The molecule has 2 aliphatic carbocycles. The fraction of sp³-hybridized carbons (Fsp3) is 0.667. The highest BCUT2D eigenvalue weighted by atomic mass is 15.3. The predicted molar refractivity (Wildman–Crippen MR) is 67.6 cm³/mol. The summed E-state index contributed by atoms with van der Waals surface area (Å²) in [5, 5.41) is 3.46. The number of hydrazine groups is 1. The first-order valence-electron chi connectivity index (χ1n) is 6.20. The Balaban J connectivity index is 1.80. The van der Waals surface area contributed by atoms with E-state index in [0.29, 0.717) is 23.2 Å². The van der Waals surface area contributed by atoms with Gasteiger partial charge in [-0.2, -0.15) is 0 Å². The standard InChI is InChI=1S/C12H19N5/c1-12(2)6-8(12)14-9-5-10(17-13)16-11(15-9)7-3-4-7/h5,7-8H,3-4,6,13H2,1-2H3,(H2,14,15,16,17). The second-order valence-electron chi connectivity index (χ2n) is 5.80. The molecule has 2 saturated carbocycles. The summed E-state index contributed by atoms with van der Waals surface area (Å²) in [5.41, 5.74) is 3.00. The molecule has 5 heteroatoms. The van der Waals surface area contributed by atoms with Crippen molar-refractivity contribution in [1.29, 1.82) is 0 Å². The van der Waals surface area contributed by atoms with Gasteiger partial charge in [0.25, 0.3) is 0 Å². The summed E-state index contributed by atoms with van der Waals surface area (Å²) < 4.78 is 0. The molecule has 3 rings (SSSR count). The summed E-state index contributed by atoms with van der Waals surface area (Å²) in [5.74, 6) is 8.49. The van der Waals surface area contributed by atoms with Crippen LogP contribution in [0.2, 0.25) is 0 Å². The van der Waals surface area contributed by atoms with Crippen LogP contribution in [0.4, 0.5) is 11.6 Å². The Kier molecular flexibility index (Phi) is 2.26. The van der Waals surface area contributed by atoms with Crippen LogP contribution in [0, 0.1) is 5.41 Å². The number of anilines is 2. The first-order valence-corrected chi connectivity index (χ1v) is 6.20. The SMILES string of the molecule is CC1(C)CC1Nc1cc(NN)nc(C2CC2)n1. The number of nitrogens with one attached hydrogen (secondary N) is 2. The van der Waals surface area contributed by atoms with Crippen LogP contribution in [0.5, 0.6) is 0 Å². The number of rotatable bonds is 4. The zero-order valence-corrected chi connectivity index (χ0v) is 10.3. The van der Waals surface area contributed by atoms with Gasteiger partial charge in [0.1, 0.15) is 17.5 Å². The first kappa shape index (κ1) is 10.8. The number of hydrogen-bond donors (Lipinski definition) is 3. The minimum absolute atomic E-state index is 0.390. The van der Waals surface area contributed by atoms with E-state index in [1.165, 1.54) is 19.3 Å². The van der Waals surface area contributed by atoms with Crippen LogP contribution in [0.25, 0.3) is 0 Å². The third-order valence-corrected chi connectivity index (χ3v) is 3.67. The molecule has 0 saturated heterocycles. The molecule has 1 aromatic rings. The summed E-state index contributed by atoms with van der Waals surface area (Å²) >= 11 is 0. The molecule has 17 heavy (non-hydrogen) atoms. The lowest BCUT2D eigenvalue weighted by Gasteiger charge is -2.10. The Bertz CT molecular complexity index is 439. The number of nitrogen functional groups attached to an aromatic ring is 1. The number of nitrogens with two attached hydrogens (primary N) is 1. The smallest absolute Gasteiger partial charge is 0.145 e. The minimum atomic E-state index is 0.390. The van der Waals surface area contributed by atoms with Gasteiger partial charge in [-0.15, -0.1) is 0 Å². The van der Waals surface area contributed by atoms with Crippen molar-refractivity contribution >= 4 is 11.6 Å². The number of hydrogen-bond acceptors (Lipinski definition) is 5. The normalized spacial score (nSPS) is 25.5. The molecule has 2 aliphatic rings. The van der Waals surface area contributed by atoms with Gasteiger partial charge >= 0.3 is 0 Å². The van der Waals surface area contributed by atoms with Crippen molar-refractivity contribution in [3.05, 3.63) is 11.9 Å². The lowest BCUT2D eigenvalue weighted by atomic mass is 10.2. The van der Waals surface area contributed by atoms with Crippen LogP contribution >= 0.6 is 0 Å². The Morgan fingerprint density at radius 3 is 2.47 bits per heavy atom. The average Bonchev–Trinajstić information content (AvgIpc) is 3.17. The van der Waals surface area contributed by atoms with E-state index in [-0.39, 0.29) is 0 Å². The maximum Gasteiger partial charge on any atom is 0.145 e. The Labute approximate surface area is 101 Å². The zero-order valence-electron chi connectivity index (χ0n) is 10.3. The Hall–Kier alpha value is -1.36. The van der Waals surface area contributed by atoms with E-state index in [9.17, 15) is 0 Å². The molecule has 1 atom stereocenters. The molecule has 92 valence electrons. The second kappa shape index (κ2) is 3.57. The van der Waals surface area contributed by atoms with Crippen LogP contribution in [0.15, 0.2) is 6.07 Å². The van der Waals surface area contributed by atoms with Gasteiger partial charge in [0.15, 0.2) is 0 Å². The topological polar surface area (TPSA) is 75.9 Å². The Morgan fingerprint density at radius 2 is 1.94 bits per heavy atom. The van der Waals surface area contributed by atoms with E-state index in [1.54, 1.807) is 0 Å². The molecule has 0 aromatic carbocycles. The lowest BCUT2D eigenvalue weighted by molar-refractivity contribution is 0.629. The fourth-order valence-corrected chi connectivity index (χ4v) is 2.03. The van der Waals surface area contributed by atoms with Crippen LogP contribution in [-0.2, 0) is 0 Å². The van der Waals surface area contributed by atoms with Gasteiger partial charge < -0.3 is 10.7 Å². The van der Waals surface area contributed by atoms with Crippen molar-refractivity contribution in [3.8, 4) is 0 Å². The molecule has 5 nitrogen and oxygen atoms in total. The molecule has 2 fully saturated rings. The van der Waals surface area contributed by atoms with Gasteiger partial charge in [0.2, 0.25) is 0 Å². The van der Waals surface area contributed by atoms with Gasteiger partial charge in [-0.25, -0.2) is 15.8 Å². The van der Waals surface area contributed by atoms with E-state index in [4.69, 9.17) is 5.84 Å². The van der Waals surface area contributed by atoms with Crippen molar-refractivity contribution in [1.82, 2.24) is 9.97 Å². The summed E-state index contributed by atoms with van der Waals surface area (Å²) in [4.78, 5) is 8.96. The fourth-order valence-electron chi connectivity index (χ4n) is 2.03. The molecule has 1 unspecified atom stereocenters. The highest BCUT2D eigenvalue weighted by Crippen LogP contribution is 2.46. The molecule has 0 radical (unpaired) electrons. The van der Waals surface area contributed by atoms with Gasteiger partial charge in [-0.3, -0.25) is 0 Å². The minimum Gasteiger partial charge on any atom is -0.367 e. The van der Waals surface area contributed by atoms with Crippen LogP contribution < -0.4 is 16.6 Å².